The van der Waals surface area contributed by atoms with E-state index in [-0.39, 0.29) is 17.9 Å². The standard InChI is InChI=1S/C18H22N2O2/c1-4-6-17(21)19-16-7-5-8-20(12-16)18(22)15-10-13(2)9-14(3)11-15/h9-11,16H,5,7-8,12H2,1-3H3,(H,19,21). The van der Waals surface area contributed by atoms with Crippen LogP contribution >= 0.6 is 0 Å². The van der Waals surface area contributed by atoms with Crippen LogP contribution in [-0.2, 0) is 4.79 Å². The van der Waals surface area contributed by atoms with Gasteiger partial charge in [-0.3, -0.25) is 9.59 Å². The second-order valence-electron chi connectivity index (χ2n) is 5.82. The van der Waals surface area contributed by atoms with Gasteiger partial charge in [-0.15, -0.1) is 0 Å². The fourth-order valence-corrected chi connectivity index (χ4v) is 2.90. The summed E-state index contributed by atoms with van der Waals surface area (Å²) in [7, 11) is 0. The summed E-state index contributed by atoms with van der Waals surface area (Å²) in [5, 5.41) is 2.87. The van der Waals surface area contributed by atoms with Crippen molar-refractivity contribution in [2.45, 2.75) is 39.7 Å². The molecule has 1 N–H and O–H groups in total. The minimum Gasteiger partial charge on any atom is -0.341 e. The van der Waals surface area contributed by atoms with Crippen molar-refractivity contribution in [2.24, 2.45) is 0 Å². The van der Waals surface area contributed by atoms with Crippen molar-refractivity contribution in [3.8, 4) is 11.8 Å². The van der Waals surface area contributed by atoms with Gasteiger partial charge in [-0.25, -0.2) is 0 Å². The topological polar surface area (TPSA) is 49.4 Å². The first-order valence-electron chi connectivity index (χ1n) is 7.60. The number of hydrogen-bond acceptors (Lipinski definition) is 2. The van der Waals surface area contributed by atoms with Crippen molar-refractivity contribution in [1.29, 1.82) is 0 Å². The van der Waals surface area contributed by atoms with E-state index < -0.39 is 0 Å². The number of hydrogen-bond donors (Lipinski definition) is 1. The number of nitrogens with zero attached hydrogens (tertiary/aromatic N) is 1. The lowest BCUT2D eigenvalue weighted by molar-refractivity contribution is -0.116. The molecule has 4 heteroatoms. The first kappa shape index (κ1) is 16.1. The Morgan fingerprint density at radius 3 is 2.55 bits per heavy atom. The van der Waals surface area contributed by atoms with Gasteiger partial charge in [0, 0.05) is 24.7 Å². The molecule has 1 atom stereocenters. The van der Waals surface area contributed by atoms with Crippen molar-refractivity contribution in [2.75, 3.05) is 13.1 Å². The zero-order valence-corrected chi connectivity index (χ0v) is 13.4. The summed E-state index contributed by atoms with van der Waals surface area (Å²) in [6, 6.07) is 5.87. The summed E-state index contributed by atoms with van der Waals surface area (Å²) in [4.78, 5) is 26.0. The van der Waals surface area contributed by atoms with Crippen molar-refractivity contribution >= 4 is 11.8 Å². The number of carbonyl (C=O) groups excluding carboxylic acids is 2. The maximum Gasteiger partial charge on any atom is 0.296 e. The molecule has 1 aromatic carbocycles. The summed E-state index contributed by atoms with van der Waals surface area (Å²) in [5.41, 5.74) is 2.89. The average Bonchev–Trinajstić information content (AvgIpc) is 2.46. The first-order chi connectivity index (χ1) is 10.5. The number of likely N-dealkylation sites (tertiary alicyclic amines) is 1. The predicted octanol–water partition coefficient (Wildman–Crippen LogP) is 2.05. The van der Waals surface area contributed by atoms with Crippen LogP contribution in [0.3, 0.4) is 0 Å². The number of carbonyl (C=O) groups is 2. The third kappa shape index (κ3) is 4.11. The highest BCUT2D eigenvalue weighted by atomic mass is 16.2. The molecular weight excluding hydrogens is 276 g/mol. The maximum absolute atomic E-state index is 12.6. The summed E-state index contributed by atoms with van der Waals surface area (Å²) < 4.78 is 0. The SMILES string of the molecule is CC#CC(=O)NC1CCCN(C(=O)c2cc(C)cc(C)c2)C1. The van der Waals surface area contributed by atoms with Gasteiger partial charge in [0.25, 0.3) is 11.8 Å². The number of amides is 2. The van der Waals surface area contributed by atoms with Gasteiger partial charge in [-0.1, -0.05) is 23.1 Å². The summed E-state index contributed by atoms with van der Waals surface area (Å²) in [6.45, 7) is 6.90. The molecule has 0 bridgehead atoms. The molecule has 116 valence electrons. The Bertz CT molecular complexity index is 620. The summed E-state index contributed by atoms with van der Waals surface area (Å²) in [6.07, 6.45) is 1.77. The summed E-state index contributed by atoms with van der Waals surface area (Å²) >= 11 is 0. The van der Waals surface area contributed by atoms with E-state index in [1.54, 1.807) is 6.92 Å². The second-order valence-corrected chi connectivity index (χ2v) is 5.82. The number of aryl methyl sites for hydroxylation is 2. The van der Waals surface area contributed by atoms with Crippen LogP contribution in [0.4, 0.5) is 0 Å². The van der Waals surface area contributed by atoms with Crippen LogP contribution in [0.5, 0.6) is 0 Å². The monoisotopic (exact) mass is 298 g/mol. The molecule has 1 saturated heterocycles. The molecule has 1 aliphatic heterocycles. The molecule has 1 fully saturated rings. The van der Waals surface area contributed by atoms with Crippen LogP contribution < -0.4 is 5.32 Å². The molecule has 0 aliphatic carbocycles. The average molecular weight is 298 g/mol. The maximum atomic E-state index is 12.6. The molecule has 1 aromatic rings. The van der Waals surface area contributed by atoms with Crippen molar-refractivity contribution < 1.29 is 9.59 Å². The third-order valence-electron chi connectivity index (χ3n) is 3.75. The lowest BCUT2D eigenvalue weighted by Gasteiger charge is -2.33. The third-order valence-corrected chi connectivity index (χ3v) is 3.75. The Morgan fingerprint density at radius 2 is 1.91 bits per heavy atom. The molecule has 1 heterocycles. The van der Waals surface area contributed by atoms with E-state index in [2.05, 4.69) is 23.2 Å². The molecule has 0 spiro atoms. The second kappa shape index (κ2) is 7.13. The fourth-order valence-electron chi connectivity index (χ4n) is 2.90. The quantitative estimate of drug-likeness (QED) is 0.850. The van der Waals surface area contributed by atoms with Crippen LogP contribution in [0.15, 0.2) is 18.2 Å². The van der Waals surface area contributed by atoms with Gasteiger partial charge in [-0.05, 0) is 51.7 Å². The van der Waals surface area contributed by atoms with E-state index in [0.29, 0.717) is 6.54 Å². The normalized spacial score (nSPS) is 17.4. The molecular formula is C18H22N2O2. The van der Waals surface area contributed by atoms with E-state index >= 15 is 0 Å². The zero-order valence-electron chi connectivity index (χ0n) is 13.4. The largest absolute Gasteiger partial charge is 0.341 e. The molecule has 0 radical (unpaired) electrons. The van der Waals surface area contributed by atoms with Crippen LogP contribution in [0.25, 0.3) is 0 Å². The van der Waals surface area contributed by atoms with Gasteiger partial charge in [0.15, 0.2) is 0 Å². The highest BCUT2D eigenvalue weighted by molar-refractivity contribution is 5.95. The molecule has 1 aliphatic rings. The molecule has 22 heavy (non-hydrogen) atoms. The van der Waals surface area contributed by atoms with Gasteiger partial charge >= 0.3 is 0 Å². The minimum atomic E-state index is -0.270. The van der Waals surface area contributed by atoms with Crippen molar-refractivity contribution in [1.82, 2.24) is 10.2 Å². The molecule has 2 amide bonds. The molecule has 1 unspecified atom stereocenters. The highest BCUT2D eigenvalue weighted by Gasteiger charge is 2.25. The Kier molecular flexibility index (Phi) is 5.21. The first-order valence-corrected chi connectivity index (χ1v) is 7.60. The summed E-state index contributed by atoms with van der Waals surface area (Å²) in [5.74, 6) is 4.83. The van der Waals surface area contributed by atoms with Crippen molar-refractivity contribution in [3.63, 3.8) is 0 Å². The Labute approximate surface area is 131 Å². The van der Waals surface area contributed by atoms with Crippen LogP contribution in [-0.4, -0.2) is 35.8 Å². The smallest absolute Gasteiger partial charge is 0.296 e. The lowest BCUT2D eigenvalue weighted by Crippen LogP contribution is -2.49. The fraction of sp³-hybridized carbons (Fsp3) is 0.444. The minimum absolute atomic E-state index is 0.0167. The Hall–Kier alpha value is -2.28. The molecule has 4 nitrogen and oxygen atoms in total. The van der Waals surface area contributed by atoms with Crippen LogP contribution in [0.1, 0.15) is 41.3 Å². The number of rotatable bonds is 2. The van der Waals surface area contributed by atoms with Gasteiger partial charge in [0.1, 0.15) is 0 Å². The van der Waals surface area contributed by atoms with Crippen molar-refractivity contribution in [3.05, 3.63) is 34.9 Å². The lowest BCUT2D eigenvalue weighted by atomic mass is 10.0. The number of nitrogens with one attached hydrogen (secondary N) is 1. The number of benzene rings is 1. The van der Waals surface area contributed by atoms with Gasteiger partial charge in [0.2, 0.25) is 0 Å². The van der Waals surface area contributed by atoms with E-state index in [1.165, 1.54) is 0 Å². The van der Waals surface area contributed by atoms with Gasteiger partial charge in [-0.2, -0.15) is 0 Å². The zero-order chi connectivity index (χ0) is 16.1. The van der Waals surface area contributed by atoms with E-state index in [9.17, 15) is 9.59 Å². The molecule has 0 saturated carbocycles. The molecule has 2 rings (SSSR count). The van der Waals surface area contributed by atoms with E-state index in [0.717, 1.165) is 36.1 Å². The van der Waals surface area contributed by atoms with Crippen LogP contribution in [0, 0.1) is 25.7 Å². The molecule has 0 aromatic heterocycles. The van der Waals surface area contributed by atoms with Gasteiger partial charge < -0.3 is 10.2 Å². The Morgan fingerprint density at radius 1 is 1.23 bits per heavy atom. The van der Waals surface area contributed by atoms with E-state index in [1.807, 2.05) is 30.9 Å². The van der Waals surface area contributed by atoms with E-state index in [4.69, 9.17) is 0 Å². The Balaban J connectivity index is 2.06. The van der Waals surface area contributed by atoms with Gasteiger partial charge in [0.05, 0.1) is 0 Å². The highest BCUT2D eigenvalue weighted by Crippen LogP contribution is 2.16. The van der Waals surface area contributed by atoms with Crippen LogP contribution in [0.2, 0.25) is 0 Å². The predicted molar refractivity (Wildman–Crippen MR) is 86.4 cm³/mol. The number of piperidine rings is 1.